The number of nitrogens with one attached hydrogen (secondary N) is 1. The monoisotopic (exact) mass is 242 g/mol. The molecule has 4 heteroatoms. The Morgan fingerprint density at radius 1 is 1.35 bits per heavy atom. The largest absolute Gasteiger partial charge is 0.365 e. The summed E-state index contributed by atoms with van der Waals surface area (Å²) < 4.78 is 5.87. The Kier molecular flexibility index (Phi) is 5.92. The number of hydrogen-bond donors (Lipinski definition) is 2. The van der Waals surface area contributed by atoms with Crippen molar-refractivity contribution < 1.29 is 9.53 Å². The van der Waals surface area contributed by atoms with Gasteiger partial charge in [0.2, 0.25) is 5.91 Å². The van der Waals surface area contributed by atoms with Crippen LogP contribution in [-0.4, -0.2) is 30.7 Å². The van der Waals surface area contributed by atoms with Crippen molar-refractivity contribution in [1.29, 1.82) is 0 Å². The molecule has 1 aliphatic rings. The lowest BCUT2D eigenvalue weighted by Crippen LogP contribution is -2.43. The van der Waals surface area contributed by atoms with Crippen molar-refractivity contribution in [2.45, 2.75) is 64.7 Å². The first kappa shape index (κ1) is 14.5. The lowest BCUT2D eigenvalue weighted by molar-refractivity contribution is -0.139. The Hall–Kier alpha value is -0.610. The molecule has 0 spiro atoms. The molecule has 0 aliphatic heterocycles. The number of hydrogen-bond acceptors (Lipinski definition) is 3. The van der Waals surface area contributed by atoms with Crippen molar-refractivity contribution in [3.63, 3.8) is 0 Å². The number of carbonyl (C=O) groups excluding carboxylic acids is 1. The number of rotatable bonds is 5. The Morgan fingerprint density at radius 3 is 2.59 bits per heavy atom. The van der Waals surface area contributed by atoms with Crippen LogP contribution in [0.4, 0.5) is 0 Å². The number of amides is 1. The first-order chi connectivity index (χ1) is 8.04. The molecule has 3 N–H and O–H groups in total. The van der Waals surface area contributed by atoms with Crippen LogP contribution in [0.1, 0.15) is 46.5 Å². The van der Waals surface area contributed by atoms with Crippen molar-refractivity contribution >= 4 is 5.91 Å². The zero-order valence-corrected chi connectivity index (χ0v) is 11.2. The topological polar surface area (TPSA) is 64.3 Å². The van der Waals surface area contributed by atoms with E-state index in [0.29, 0.717) is 12.5 Å². The highest BCUT2D eigenvalue weighted by Gasteiger charge is 2.28. The van der Waals surface area contributed by atoms with E-state index in [1.54, 1.807) is 0 Å². The molecule has 3 unspecified atom stereocenters. The van der Waals surface area contributed by atoms with E-state index >= 15 is 0 Å². The summed E-state index contributed by atoms with van der Waals surface area (Å²) in [4.78, 5) is 11.8. The third-order valence-electron chi connectivity index (χ3n) is 3.32. The van der Waals surface area contributed by atoms with Gasteiger partial charge < -0.3 is 15.8 Å². The van der Waals surface area contributed by atoms with Gasteiger partial charge in [-0.15, -0.1) is 0 Å². The molecule has 17 heavy (non-hydrogen) atoms. The average molecular weight is 242 g/mol. The average Bonchev–Trinajstić information content (AvgIpc) is 2.28. The Labute approximate surface area is 104 Å². The van der Waals surface area contributed by atoms with E-state index in [-0.39, 0.29) is 24.2 Å². The molecule has 0 heterocycles. The van der Waals surface area contributed by atoms with Crippen LogP contribution in [0.5, 0.6) is 0 Å². The third-order valence-corrected chi connectivity index (χ3v) is 3.32. The van der Waals surface area contributed by atoms with Crippen LogP contribution >= 0.6 is 0 Å². The van der Waals surface area contributed by atoms with Crippen molar-refractivity contribution in [3.8, 4) is 0 Å². The van der Waals surface area contributed by atoms with Crippen LogP contribution in [0.25, 0.3) is 0 Å². The van der Waals surface area contributed by atoms with Crippen LogP contribution < -0.4 is 11.1 Å². The molecule has 0 aromatic rings. The summed E-state index contributed by atoms with van der Waals surface area (Å²) in [6, 6.07) is 0.158. The maximum Gasteiger partial charge on any atom is 0.249 e. The third kappa shape index (κ3) is 4.64. The normalized spacial score (nSPS) is 26.9. The maximum atomic E-state index is 11.8. The molecule has 1 amide bonds. The first-order valence-corrected chi connectivity index (χ1v) is 6.70. The molecule has 1 saturated carbocycles. The van der Waals surface area contributed by atoms with Crippen LogP contribution in [0.15, 0.2) is 0 Å². The summed E-state index contributed by atoms with van der Waals surface area (Å²) in [6.45, 7) is 6.38. The lowest BCUT2D eigenvalue weighted by Gasteiger charge is -2.32. The number of nitrogens with two attached hydrogens (primary N) is 1. The van der Waals surface area contributed by atoms with Crippen LogP contribution in [0.2, 0.25) is 0 Å². The first-order valence-electron chi connectivity index (χ1n) is 6.70. The fourth-order valence-corrected chi connectivity index (χ4v) is 2.35. The molecule has 0 aromatic carbocycles. The lowest BCUT2D eigenvalue weighted by atomic mass is 9.86. The second kappa shape index (κ2) is 6.97. The molecule has 100 valence electrons. The minimum absolute atomic E-state index is 0.0265. The molecule has 1 fully saturated rings. The van der Waals surface area contributed by atoms with E-state index in [2.05, 4.69) is 5.32 Å². The van der Waals surface area contributed by atoms with Crippen LogP contribution in [-0.2, 0) is 9.53 Å². The second-order valence-electron chi connectivity index (χ2n) is 5.26. The van der Waals surface area contributed by atoms with E-state index in [0.717, 1.165) is 12.8 Å². The van der Waals surface area contributed by atoms with Gasteiger partial charge in [-0.2, -0.15) is 0 Å². The summed E-state index contributed by atoms with van der Waals surface area (Å²) in [6.07, 6.45) is 4.34. The predicted molar refractivity (Wildman–Crippen MR) is 68.6 cm³/mol. The fraction of sp³-hybridized carbons (Fsp3) is 0.923. The molecule has 1 rings (SSSR count). The van der Waals surface area contributed by atoms with E-state index in [1.165, 1.54) is 12.8 Å². The summed E-state index contributed by atoms with van der Waals surface area (Å²) in [5, 5.41) is 2.87. The number of ether oxygens (including phenoxy) is 1. The Balaban J connectivity index is 2.42. The minimum Gasteiger partial charge on any atom is -0.365 e. The fourth-order valence-electron chi connectivity index (χ4n) is 2.35. The smallest absolute Gasteiger partial charge is 0.249 e. The van der Waals surface area contributed by atoms with Gasteiger partial charge in [-0.1, -0.05) is 12.8 Å². The van der Waals surface area contributed by atoms with Crippen molar-refractivity contribution in [3.05, 3.63) is 0 Å². The predicted octanol–water partition coefficient (Wildman–Crippen LogP) is 1.43. The highest BCUT2D eigenvalue weighted by molar-refractivity contribution is 5.80. The Morgan fingerprint density at radius 2 is 2.00 bits per heavy atom. The minimum atomic E-state index is -0.380. The van der Waals surface area contributed by atoms with E-state index in [1.807, 2.05) is 20.8 Å². The summed E-state index contributed by atoms with van der Waals surface area (Å²) >= 11 is 0. The van der Waals surface area contributed by atoms with Crippen molar-refractivity contribution in [2.24, 2.45) is 11.7 Å². The molecule has 0 bridgehead atoms. The van der Waals surface area contributed by atoms with Gasteiger partial charge in [-0.3, -0.25) is 4.79 Å². The van der Waals surface area contributed by atoms with Gasteiger partial charge in [0, 0.05) is 6.04 Å². The standard InChI is InChI=1S/C13H26N2O2/c1-9(2)15-13(16)10(3)17-12-7-5-4-6-11(12)8-14/h9-12H,4-8,14H2,1-3H3,(H,15,16). The molecule has 1 aliphatic carbocycles. The maximum absolute atomic E-state index is 11.8. The Bertz CT molecular complexity index is 244. The quantitative estimate of drug-likeness (QED) is 0.766. The molecule has 0 radical (unpaired) electrons. The van der Waals surface area contributed by atoms with Crippen LogP contribution in [0, 0.1) is 5.92 Å². The van der Waals surface area contributed by atoms with E-state index in [4.69, 9.17) is 10.5 Å². The summed E-state index contributed by atoms with van der Waals surface area (Å²) in [7, 11) is 0. The molecular weight excluding hydrogens is 216 g/mol. The zero-order chi connectivity index (χ0) is 12.8. The van der Waals surface area contributed by atoms with Gasteiger partial charge >= 0.3 is 0 Å². The van der Waals surface area contributed by atoms with Gasteiger partial charge in [0.05, 0.1) is 6.10 Å². The molecule has 3 atom stereocenters. The summed E-state index contributed by atoms with van der Waals surface area (Å²) in [5.74, 6) is 0.388. The SMILES string of the molecule is CC(C)NC(=O)C(C)OC1CCCCC1CN. The molecular formula is C13H26N2O2. The summed E-state index contributed by atoms with van der Waals surface area (Å²) in [5.41, 5.74) is 5.75. The van der Waals surface area contributed by atoms with Gasteiger partial charge in [-0.05, 0) is 46.1 Å². The van der Waals surface area contributed by atoms with Gasteiger partial charge in [0.1, 0.15) is 6.10 Å². The molecule has 0 aromatic heterocycles. The highest BCUT2D eigenvalue weighted by atomic mass is 16.5. The molecule has 0 saturated heterocycles. The zero-order valence-electron chi connectivity index (χ0n) is 11.2. The van der Waals surface area contributed by atoms with Gasteiger partial charge in [-0.25, -0.2) is 0 Å². The van der Waals surface area contributed by atoms with Crippen molar-refractivity contribution in [1.82, 2.24) is 5.32 Å². The van der Waals surface area contributed by atoms with E-state index < -0.39 is 0 Å². The van der Waals surface area contributed by atoms with Gasteiger partial charge in [0.15, 0.2) is 0 Å². The van der Waals surface area contributed by atoms with Crippen LogP contribution in [0.3, 0.4) is 0 Å². The molecule has 4 nitrogen and oxygen atoms in total. The second-order valence-corrected chi connectivity index (χ2v) is 5.26. The van der Waals surface area contributed by atoms with E-state index in [9.17, 15) is 4.79 Å². The van der Waals surface area contributed by atoms with Crippen molar-refractivity contribution in [2.75, 3.05) is 6.54 Å². The highest BCUT2D eigenvalue weighted by Crippen LogP contribution is 2.26. The number of carbonyl (C=O) groups is 1. The van der Waals surface area contributed by atoms with Gasteiger partial charge in [0.25, 0.3) is 0 Å².